The summed E-state index contributed by atoms with van der Waals surface area (Å²) < 4.78 is 11.5. The maximum absolute atomic E-state index is 5.74. The second kappa shape index (κ2) is 3.56. The lowest BCUT2D eigenvalue weighted by molar-refractivity contribution is -0.319. The first kappa shape index (κ1) is 11.0. The van der Waals surface area contributed by atoms with Crippen molar-refractivity contribution in [1.82, 2.24) is 0 Å². The fourth-order valence-electron chi connectivity index (χ4n) is 1.50. The number of rotatable bonds is 1. The molecule has 3 nitrogen and oxygen atoms in total. The number of hydrogen-bond acceptors (Lipinski definition) is 3. The molecule has 78 valence electrons. The van der Waals surface area contributed by atoms with E-state index in [1.165, 1.54) is 0 Å². The molecule has 1 saturated heterocycles. The molecule has 0 unspecified atom stereocenters. The molecule has 0 aromatic rings. The minimum absolute atomic E-state index is 0.0676. The Bertz CT molecular complexity index is 166. The summed E-state index contributed by atoms with van der Waals surface area (Å²) in [4.78, 5) is 0. The van der Waals surface area contributed by atoms with Gasteiger partial charge in [-0.2, -0.15) is 0 Å². The molecule has 0 saturated carbocycles. The van der Waals surface area contributed by atoms with Crippen LogP contribution in [-0.2, 0) is 9.47 Å². The van der Waals surface area contributed by atoms with Gasteiger partial charge in [-0.1, -0.05) is 27.7 Å². The third kappa shape index (κ3) is 2.03. The van der Waals surface area contributed by atoms with E-state index in [2.05, 4.69) is 27.7 Å². The van der Waals surface area contributed by atoms with Crippen molar-refractivity contribution in [1.29, 1.82) is 0 Å². The van der Waals surface area contributed by atoms with Gasteiger partial charge in [0.2, 0.25) is 0 Å². The molecule has 0 atom stereocenters. The normalized spacial score (nSPS) is 36.2. The van der Waals surface area contributed by atoms with Crippen LogP contribution in [-0.4, -0.2) is 25.5 Å². The molecule has 0 amide bonds. The Hall–Kier alpha value is -0.120. The fraction of sp³-hybridized carbons (Fsp3) is 1.00. The zero-order valence-corrected chi connectivity index (χ0v) is 9.09. The monoisotopic (exact) mass is 187 g/mol. The smallest absolute Gasteiger partial charge is 0.185 e. The van der Waals surface area contributed by atoms with E-state index in [1.54, 1.807) is 0 Å². The lowest BCUT2D eigenvalue weighted by Gasteiger charge is -2.47. The molecule has 0 bridgehead atoms. The average molecular weight is 187 g/mol. The van der Waals surface area contributed by atoms with Crippen molar-refractivity contribution in [2.24, 2.45) is 17.1 Å². The van der Waals surface area contributed by atoms with Crippen molar-refractivity contribution in [3.8, 4) is 0 Å². The van der Waals surface area contributed by atoms with E-state index in [-0.39, 0.29) is 5.41 Å². The number of ether oxygens (including phenoxy) is 2. The highest BCUT2D eigenvalue weighted by Gasteiger charge is 2.45. The highest BCUT2D eigenvalue weighted by atomic mass is 16.7. The van der Waals surface area contributed by atoms with E-state index in [1.807, 2.05) is 0 Å². The summed E-state index contributed by atoms with van der Waals surface area (Å²) in [6, 6.07) is 0. The first-order valence-corrected chi connectivity index (χ1v) is 4.89. The van der Waals surface area contributed by atoms with Crippen LogP contribution in [0.15, 0.2) is 0 Å². The molecule has 3 heteroatoms. The number of hydrogen-bond donors (Lipinski definition) is 1. The third-order valence-electron chi connectivity index (χ3n) is 2.61. The van der Waals surface area contributed by atoms with Crippen molar-refractivity contribution in [2.75, 3.05) is 19.8 Å². The largest absolute Gasteiger partial charge is 0.348 e. The van der Waals surface area contributed by atoms with Crippen molar-refractivity contribution in [3.05, 3.63) is 0 Å². The molecular formula is C10H21NO2. The molecule has 1 heterocycles. The highest BCUT2D eigenvalue weighted by Crippen LogP contribution is 2.37. The van der Waals surface area contributed by atoms with Crippen molar-refractivity contribution in [2.45, 2.75) is 33.5 Å². The van der Waals surface area contributed by atoms with Crippen LogP contribution in [0, 0.1) is 11.3 Å². The van der Waals surface area contributed by atoms with E-state index >= 15 is 0 Å². The van der Waals surface area contributed by atoms with Crippen LogP contribution in [0.1, 0.15) is 27.7 Å². The molecule has 1 aliphatic heterocycles. The van der Waals surface area contributed by atoms with Gasteiger partial charge in [0, 0.05) is 17.9 Å². The van der Waals surface area contributed by atoms with E-state index in [4.69, 9.17) is 15.2 Å². The Morgan fingerprint density at radius 1 is 1.31 bits per heavy atom. The van der Waals surface area contributed by atoms with Gasteiger partial charge in [0.1, 0.15) is 0 Å². The van der Waals surface area contributed by atoms with Gasteiger partial charge < -0.3 is 15.2 Å². The van der Waals surface area contributed by atoms with Crippen LogP contribution in [0.25, 0.3) is 0 Å². The van der Waals surface area contributed by atoms with Gasteiger partial charge in [0.15, 0.2) is 5.79 Å². The fourth-order valence-corrected chi connectivity index (χ4v) is 1.50. The van der Waals surface area contributed by atoms with Gasteiger partial charge in [-0.25, -0.2) is 0 Å². The molecule has 0 aliphatic carbocycles. The first-order chi connectivity index (χ1) is 5.91. The van der Waals surface area contributed by atoms with Gasteiger partial charge in [0.25, 0.3) is 0 Å². The van der Waals surface area contributed by atoms with E-state index < -0.39 is 5.79 Å². The van der Waals surface area contributed by atoms with Crippen molar-refractivity contribution < 1.29 is 9.47 Å². The Morgan fingerprint density at radius 3 is 2.08 bits per heavy atom. The predicted octanol–water partition coefficient (Wildman–Crippen LogP) is 1.37. The zero-order chi connectivity index (χ0) is 10.1. The second-order valence-electron chi connectivity index (χ2n) is 4.93. The first-order valence-electron chi connectivity index (χ1n) is 4.89. The molecule has 13 heavy (non-hydrogen) atoms. The lowest BCUT2D eigenvalue weighted by Crippen LogP contribution is -2.57. The minimum atomic E-state index is -0.584. The van der Waals surface area contributed by atoms with Crippen LogP contribution < -0.4 is 5.73 Å². The average Bonchev–Trinajstić information content (AvgIpc) is 2.04. The number of nitrogens with two attached hydrogens (primary N) is 1. The summed E-state index contributed by atoms with van der Waals surface area (Å²) in [6.45, 7) is 10.3. The Balaban J connectivity index is 2.72. The van der Waals surface area contributed by atoms with Crippen LogP contribution in [0.5, 0.6) is 0 Å². The molecule has 0 aromatic heterocycles. The zero-order valence-electron chi connectivity index (χ0n) is 9.09. The van der Waals surface area contributed by atoms with E-state index in [0.717, 1.165) is 13.2 Å². The summed E-state index contributed by atoms with van der Waals surface area (Å²) in [5.41, 5.74) is 5.65. The van der Waals surface area contributed by atoms with Gasteiger partial charge in [0.05, 0.1) is 13.2 Å². The molecular weight excluding hydrogens is 166 g/mol. The molecule has 0 radical (unpaired) electrons. The molecule has 2 N–H and O–H groups in total. The van der Waals surface area contributed by atoms with E-state index in [9.17, 15) is 0 Å². The topological polar surface area (TPSA) is 44.5 Å². The SMILES string of the molecule is CC1COC(CN)(C(C)(C)C)OC1. The summed E-state index contributed by atoms with van der Waals surface area (Å²) in [7, 11) is 0. The summed E-state index contributed by atoms with van der Waals surface area (Å²) in [5.74, 6) is -0.110. The standard InChI is InChI=1S/C10H21NO2/c1-8-5-12-10(7-11,13-6-8)9(2,3)4/h8H,5-7,11H2,1-4H3. The molecule has 0 spiro atoms. The Morgan fingerprint density at radius 2 is 1.77 bits per heavy atom. The van der Waals surface area contributed by atoms with Crippen LogP contribution in [0.3, 0.4) is 0 Å². The van der Waals surface area contributed by atoms with Crippen LogP contribution in [0.2, 0.25) is 0 Å². The summed E-state index contributed by atoms with van der Waals surface area (Å²) in [5, 5.41) is 0. The third-order valence-corrected chi connectivity index (χ3v) is 2.61. The molecule has 1 aliphatic rings. The van der Waals surface area contributed by atoms with Gasteiger partial charge in [-0.3, -0.25) is 0 Å². The van der Waals surface area contributed by atoms with Crippen molar-refractivity contribution >= 4 is 0 Å². The van der Waals surface area contributed by atoms with Crippen LogP contribution in [0.4, 0.5) is 0 Å². The predicted molar refractivity (Wildman–Crippen MR) is 52.3 cm³/mol. The Labute approximate surface area is 80.6 Å². The summed E-state index contributed by atoms with van der Waals surface area (Å²) in [6.07, 6.45) is 0. The highest BCUT2D eigenvalue weighted by molar-refractivity contribution is 4.87. The maximum atomic E-state index is 5.74. The summed E-state index contributed by atoms with van der Waals surface area (Å²) >= 11 is 0. The maximum Gasteiger partial charge on any atom is 0.185 e. The quantitative estimate of drug-likeness (QED) is 0.674. The van der Waals surface area contributed by atoms with Gasteiger partial charge in [-0.05, 0) is 0 Å². The minimum Gasteiger partial charge on any atom is -0.348 e. The molecule has 1 fully saturated rings. The molecule has 1 rings (SSSR count). The van der Waals surface area contributed by atoms with Gasteiger partial charge >= 0.3 is 0 Å². The van der Waals surface area contributed by atoms with Crippen LogP contribution >= 0.6 is 0 Å². The van der Waals surface area contributed by atoms with E-state index in [0.29, 0.717) is 12.5 Å². The second-order valence-corrected chi connectivity index (χ2v) is 4.93. The lowest BCUT2D eigenvalue weighted by atomic mass is 9.84. The molecule has 0 aromatic carbocycles. The Kier molecular flexibility index (Phi) is 3.00. The van der Waals surface area contributed by atoms with Crippen molar-refractivity contribution in [3.63, 3.8) is 0 Å². The van der Waals surface area contributed by atoms with Gasteiger partial charge in [-0.15, -0.1) is 0 Å².